The summed E-state index contributed by atoms with van der Waals surface area (Å²) in [5, 5.41) is 24.0. The SMILES string of the molecule is CCOc1cc2c(Oc3ccc(NC(=O)C4(C(=O)Nc5ccc(F)cc5)CC4)cc3F)ccnc2cc1OCCC(N)C(=O)OCC(CO)CO. The maximum Gasteiger partial charge on any atom is 0.323 e. The van der Waals surface area contributed by atoms with E-state index in [-0.39, 0.29) is 56.6 Å². The lowest BCUT2D eigenvalue weighted by molar-refractivity contribution is -0.147. The molecule has 1 atom stereocenters. The molecule has 1 heterocycles. The third-order valence-electron chi connectivity index (χ3n) is 8.16. The molecule has 1 aliphatic rings. The Kier molecular flexibility index (Phi) is 12.0. The fraction of sp³-hybridized carbons (Fsp3) is 0.333. The standard InChI is InChI=1S/C36H38F2N4O9/c1-2-48-31-16-25-28(17-32(31)49-14-10-27(39)33(45)50-20-21(18-43)19-44)40-13-9-29(25)51-30-8-7-24(15-26(30)38)42-35(47)36(11-12-36)34(46)41-23-5-3-22(37)4-6-23/h3-9,13,15-17,21,27,43-44H,2,10-12,14,18-20,39H2,1H3,(H,41,46)(H,42,47). The molecular formula is C36H38F2N4O9. The van der Waals surface area contributed by atoms with Crippen molar-refractivity contribution >= 4 is 40.1 Å². The quantitative estimate of drug-likeness (QED) is 0.0776. The van der Waals surface area contributed by atoms with Crippen molar-refractivity contribution in [1.29, 1.82) is 0 Å². The molecule has 1 fully saturated rings. The molecule has 1 saturated carbocycles. The number of amides is 2. The Morgan fingerprint density at radius 2 is 1.55 bits per heavy atom. The second-order valence-electron chi connectivity index (χ2n) is 11.9. The number of pyridine rings is 1. The number of nitrogens with zero attached hydrogens (tertiary/aromatic N) is 1. The van der Waals surface area contributed by atoms with Gasteiger partial charge in [0.1, 0.15) is 23.0 Å². The van der Waals surface area contributed by atoms with Gasteiger partial charge in [0.15, 0.2) is 23.1 Å². The number of carbonyl (C=O) groups is 3. The Hall–Kier alpha value is -5.38. The Labute approximate surface area is 291 Å². The van der Waals surface area contributed by atoms with Gasteiger partial charge in [0.25, 0.3) is 0 Å². The van der Waals surface area contributed by atoms with Crippen LogP contribution in [0.1, 0.15) is 26.2 Å². The van der Waals surface area contributed by atoms with Gasteiger partial charge in [-0.25, -0.2) is 8.78 Å². The summed E-state index contributed by atoms with van der Waals surface area (Å²) in [6, 6.07) is 12.8. The lowest BCUT2D eigenvalue weighted by atomic mass is 10.0. The third kappa shape index (κ3) is 9.05. The van der Waals surface area contributed by atoms with E-state index in [4.69, 9.17) is 34.9 Å². The van der Waals surface area contributed by atoms with Gasteiger partial charge in [-0.15, -0.1) is 0 Å². The molecule has 6 N–H and O–H groups in total. The number of ether oxygens (including phenoxy) is 4. The summed E-state index contributed by atoms with van der Waals surface area (Å²) in [5.41, 5.74) is 5.51. The highest BCUT2D eigenvalue weighted by Crippen LogP contribution is 2.47. The average molecular weight is 709 g/mol. The van der Waals surface area contributed by atoms with Gasteiger partial charge in [0.2, 0.25) is 11.8 Å². The van der Waals surface area contributed by atoms with Crippen LogP contribution in [0, 0.1) is 23.0 Å². The predicted molar refractivity (Wildman–Crippen MR) is 181 cm³/mol. The molecule has 1 aliphatic carbocycles. The molecule has 13 nitrogen and oxygen atoms in total. The van der Waals surface area contributed by atoms with Crippen molar-refractivity contribution in [3.05, 3.63) is 78.5 Å². The van der Waals surface area contributed by atoms with Crippen molar-refractivity contribution in [2.45, 2.75) is 32.2 Å². The van der Waals surface area contributed by atoms with Crippen LogP contribution >= 0.6 is 0 Å². The lowest BCUT2D eigenvalue weighted by Crippen LogP contribution is -2.35. The first-order chi connectivity index (χ1) is 24.6. The molecular weight excluding hydrogens is 670 g/mol. The third-order valence-corrected chi connectivity index (χ3v) is 8.16. The number of nitrogens with one attached hydrogen (secondary N) is 2. The van der Waals surface area contributed by atoms with Crippen LogP contribution in [0.25, 0.3) is 10.9 Å². The zero-order chi connectivity index (χ0) is 36.5. The molecule has 2 amide bonds. The number of anilines is 2. The summed E-state index contributed by atoms with van der Waals surface area (Å²) in [7, 11) is 0. The average Bonchev–Trinajstić information content (AvgIpc) is 3.94. The van der Waals surface area contributed by atoms with Crippen molar-refractivity contribution in [2.24, 2.45) is 17.1 Å². The summed E-state index contributed by atoms with van der Waals surface area (Å²) in [5.74, 6) is -2.87. The summed E-state index contributed by atoms with van der Waals surface area (Å²) in [6.07, 6.45) is 2.18. The number of carbonyl (C=O) groups excluding carboxylic acids is 3. The minimum absolute atomic E-state index is 0.0234. The predicted octanol–water partition coefficient (Wildman–Crippen LogP) is 4.30. The molecule has 51 heavy (non-hydrogen) atoms. The van der Waals surface area contributed by atoms with Crippen LogP contribution in [-0.4, -0.2) is 72.1 Å². The van der Waals surface area contributed by atoms with E-state index in [0.717, 1.165) is 6.07 Å². The minimum Gasteiger partial charge on any atom is -0.490 e. The van der Waals surface area contributed by atoms with Gasteiger partial charge in [0.05, 0.1) is 38.6 Å². The Balaban J connectivity index is 1.23. The minimum atomic E-state index is -1.32. The Morgan fingerprint density at radius 3 is 2.20 bits per heavy atom. The van der Waals surface area contributed by atoms with Gasteiger partial charge in [-0.05, 0) is 68.3 Å². The zero-order valence-electron chi connectivity index (χ0n) is 27.7. The van der Waals surface area contributed by atoms with Crippen LogP contribution in [-0.2, 0) is 19.1 Å². The number of nitrogens with two attached hydrogens (primary N) is 1. The van der Waals surface area contributed by atoms with E-state index in [1.807, 2.05) is 0 Å². The van der Waals surface area contributed by atoms with E-state index >= 15 is 4.39 Å². The molecule has 15 heteroatoms. The number of aliphatic hydroxyl groups is 2. The Bertz CT molecular complexity index is 1870. The smallest absolute Gasteiger partial charge is 0.323 e. The van der Waals surface area contributed by atoms with Crippen LogP contribution < -0.4 is 30.6 Å². The molecule has 0 saturated heterocycles. The molecule has 4 aromatic rings. The van der Waals surface area contributed by atoms with Gasteiger partial charge in [0, 0.05) is 47.4 Å². The maximum absolute atomic E-state index is 15.3. The second kappa shape index (κ2) is 16.6. The van der Waals surface area contributed by atoms with Crippen molar-refractivity contribution in [1.82, 2.24) is 4.98 Å². The summed E-state index contributed by atoms with van der Waals surface area (Å²) >= 11 is 0. The second-order valence-corrected chi connectivity index (χ2v) is 11.9. The molecule has 0 spiro atoms. The van der Waals surface area contributed by atoms with Gasteiger partial charge in [-0.3, -0.25) is 19.4 Å². The normalized spacial score (nSPS) is 13.7. The summed E-state index contributed by atoms with van der Waals surface area (Å²) < 4.78 is 51.2. The van der Waals surface area contributed by atoms with Crippen LogP contribution in [0.4, 0.5) is 20.2 Å². The fourth-order valence-corrected chi connectivity index (χ4v) is 4.98. The van der Waals surface area contributed by atoms with Crippen molar-refractivity contribution in [2.75, 3.05) is 43.7 Å². The zero-order valence-corrected chi connectivity index (χ0v) is 27.7. The van der Waals surface area contributed by atoms with Crippen molar-refractivity contribution in [3.63, 3.8) is 0 Å². The first kappa shape index (κ1) is 36.9. The van der Waals surface area contributed by atoms with Crippen LogP contribution in [0.15, 0.2) is 66.9 Å². The number of aliphatic hydroxyl groups excluding tert-OH is 2. The summed E-state index contributed by atoms with van der Waals surface area (Å²) in [4.78, 5) is 42.5. The number of hydrogen-bond donors (Lipinski definition) is 5. The number of esters is 1. The van der Waals surface area contributed by atoms with Crippen molar-refractivity contribution in [3.8, 4) is 23.0 Å². The van der Waals surface area contributed by atoms with E-state index in [9.17, 15) is 18.8 Å². The van der Waals surface area contributed by atoms with E-state index < -0.39 is 46.8 Å². The number of aromatic nitrogens is 1. The van der Waals surface area contributed by atoms with Crippen LogP contribution in [0.5, 0.6) is 23.0 Å². The number of hydrogen-bond acceptors (Lipinski definition) is 11. The van der Waals surface area contributed by atoms with Crippen LogP contribution in [0.2, 0.25) is 0 Å². The monoisotopic (exact) mass is 708 g/mol. The first-order valence-electron chi connectivity index (χ1n) is 16.2. The van der Waals surface area contributed by atoms with E-state index in [1.54, 1.807) is 25.1 Å². The van der Waals surface area contributed by atoms with Crippen molar-refractivity contribution < 1.29 is 52.3 Å². The summed E-state index contributed by atoms with van der Waals surface area (Å²) in [6.45, 7) is 1.26. The van der Waals surface area contributed by atoms with Gasteiger partial charge >= 0.3 is 5.97 Å². The maximum atomic E-state index is 15.3. The molecule has 5 rings (SSSR count). The Morgan fingerprint density at radius 1 is 0.882 bits per heavy atom. The van der Waals surface area contributed by atoms with E-state index in [1.165, 1.54) is 42.6 Å². The van der Waals surface area contributed by atoms with Gasteiger partial charge < -0.3 is 45.5 Å². The highest BCUT2D eigenvalue weighted by atomic mass is 19.1. The number of halogens is 2. The molecule has 1 unspecified atom stereocenters. The highest BCUT2D eigenvalue weighted by molar-refractivity contribution is 6.16. The van der Waals surface area contributed by atoms with Gasteiger partial charge in [-0.1, -0.05) is 0 Å². The fourth-order valence-electron chi connectivity index (χ4n) is 4.98. The molecule has 0 radical (unpaired) electrons. The number of benzene rings is 3. The molecule has 0 bridgehead atoms. The largest absolute Gasteiger partial charge is 0.490 e. The van der Waals surface area contributed by atoms with Crippen LogP contribution in [0.3, 0.4) is 0 Å². The molecule has 0 aliphatic heterocycles. The lowest BCUT2D eigenvalue weighted by Gasteiger charge is -2.17. The van der Waals surface area contributed by atoms with E-state index in [0.29, 0.717) is 40.9 Å². The number of rotatable bonds is 17. The first-order valence-corrected chi connectivity index (χ1v) is 16.2. The van der Waals surface area contributed by atoms with E-state index in [2.05, 4.69) is 15.6 Å². The molecule has 270 valence electrons. The molecule has 1 aromatic heterocycles. The number of fused-ring (bicyclic) bond motifs is 1. The highest BCUT2D eigenvalue weighted by Gasteiger charge is 2.56. The topological polar surface area (TPSA) is 192 Å². The van der Waals surface area contributed by atoms with Gasteiger partial charge in [-0.2, -0.15) is 0 Å². The molecule has 3 aromatic carbocycles.